The predicted molar refractivity (Wildman–Crippen MR) is 85.0 cm³/mol. The van der Waals surface area contributed by atoms with Crippen LogP contribution in [0.5, 0.6) is 0 Å². The Morgan fingerprint density at radius 1 is 1.05 bits per heavy atom. The Balaban J connectivity index is 1.43. The molecular formula is C16H22BrN3. The number of fused-ring (bicyclic) bond motifs is 1. The lowest BCUT2D eigenvalue weighted by Gasteiger charge is -2.44. The number of nitrogens with one attached hydrogen (secondary N) is 1. The molecule has 2 heterocycles. The summed E-state index contributed by atoms with van der Waals surface area (Å²) in [7, 11) is 0. The zero-order chi connectivity index (χ0) is 13.5. The molecule has 0 aromatic heterocycles. The second-order valence-electron chi connectivity index (χ2n) is 6.28. The minimum Gasteiger partial charge on any atom is -0.314 e. The first kappa shape index (κ1) is 13.3. The third kappa shape index (κ3) is 2.33. The van der Waals surface area contributed by atoms with Crippen LogP contribution in [0.2, 0.25) is 0 Å². The molecule has 108 valence electrons. The molecule has 3 nitrogen and oxygen atoms in total. The monoisotopic (exact) mass is 335 g/mol. The van der Waals surface area contributed by atoms with Crippen molar-refractivity contribution in [1.82, 2.24) is 15.1 Å². The van der Waals surface area contributed by atoms with Crippen molar-refractivity contribution in [3.8, 4) is 0 Å². The van der Waals surface area contributed by atoms with Gasteiger partial charge in [0.2, 0.25) is 0 Å². The number of piperazine rings is 1. The van der Waals surface area contributed by atoms with Crippen LogP contribution in [-0.4, -0.2) is 55.1 Å². The maximum absolute atomic E-state index is 3.59. The van der Waals surface area contributed by atoms with Gasteiger partial charge in [0, 0.05) is 55.8 Å². The van der Waals surface area contributed by atoms with E-state index in [1.807, 2.05) is 0 Å². The van der Waals surface area contributed by atoms with E-state index in [2.05, 4.69) is 49.2 Å². The van der Waals surface area contributed by atoms with Gasteiger partial charge in [-0.1, -0.05) is 22.0 Å². The number of halogens is 1. The summed E-state index contributed by atoms with van der Waals surface area (Å²) in [5.74, 6) is 0. The van der Waals surface area contributed by atoms with Gasteiger partial charge < -0.3 is 5.32 Å². The average Bonchev–Trinajstić information content (AvgIpc) is 2.80. The highest BCUT2D eigenvalue weighted by molar-refractivity contribution is 9.10. The van der Waals surface area contributed by atoms with Crippen molar-refractivity contribution in [2.24, 2.45) is 0 Å². The molecule has 4 heteroatoms. The fourth-order valence-corrected chi connectivity index (χ4v) is 4.30. The highest BCUT2D eigenvalue weighted by atomic mass is 79.9. The van der Waals surface area contributed by atoms with Gasteiger partial charge in [-0.15, -0.1) is 0 Å². The van der Waals surface area contributed by atoms with Gasteiger partial charge in [0.1, 0.15) is 0 Å². The van der Waals surface area contributed by atoms with Crippen molar-refractivity contribution in [2.45, 2.75) is 24.9 Å². The minimum atomic E-state index is 0.666. The minimum absolute atomic E-state index is 0.666. The van der Waals surface area contributed by atoms with Crippen LogP contribution in [0.1, 0.15) is 23.6 Å². The zero-order valence-corrected chi connectivity index (χ0v) is 13.4. The van der Waals surface area contributed by atoms with Gasteiger partial charge in [-0.3, -0.25) is 9.80 Å². The molecule has 0 amide bonds. The Labute approximate surface area is 129 Å². The van der Waals surface area contributed by atoms with Crippen molar-refractivity contribution in [3.05, 3.63) is 33.8 Å². The molecule has 1 N–H and O–H groups in total. The summed E-state index contributed by atoms with van der Waals surface area (Å²) in [5.41, 5.74) is 3.13. The number of hydrogen-bond acceptors (Lipinski definition) is 3. The van der Waals surface area contributed by atoms with E-state index in [0.717, 1.165) is 6.04 Å². The molecule has 1 atom stereocenters. The Hall–Kier alpha value is -0.420. The molecule has 1 unspecified atom stereocenters. The first-order valence-electron chi connectivity index (χ1n) is 7.78. The highest BCUT2D eigenvalue weighted by Crippen LogP contribution is 2.37. The lowest BCUT2D eigenvalue weighted by molar-refractivity contribution is 0.0515. The second-order valence-corrected chi connectivity index (χ2v) is 7.20. The molecular weight excluding hydrogens is 314 g/mol. The molecule has 0 saturated carbocycles. The molecule has 0 radical (unpaired) electrons. The molecule has 2 aliphatic heterocycles. The number of aryl methyl sites for hydroxylation is 1. The van der Waals surface area contributed by atoms with E-state index in [0.29, 0.717) is 6.04 Å². The van der Waals surface area contributed by atoms with Gasteiger partial charge in [0.05, 0.1) is 0 Å². The van der Waals surface area contributed by atoms with Crippen molar-refractivity contribution < 1.29 is 0 Å². The molecule has 3 aliphatic rings. The molecule has 2 fully saturated rings. The molecule has 1 aromatic carbocycles. The number of nitrogens with zero attached hydrogens (tertiary/aromatic N) is 2. The average molecular weight is 336 g/mol. The van der Waals surface area contributed by atoms with E-state index in [-0.39, 0.29) is 0 Å². The van der Waals surface area contributed by atoms with E-state index in [4.69, 9.17) is 0 Å². The van der Waals surface area contributed by atoms with Gasteiger partial charge in [0.25, 0.3) is 0 Å². The molecule has 0 bridgehead atoms. The Morgan fingerprint density at radius 3 is 2.50 bits per heavy atom. The summed E-state index contributed by atoms with van der Waals surface area (Å²) in [4.78, 5) is 5.38. The van der Waals surface area contributed by atoms with Crippen LogP contribution in [0.15, 0.2) is 22.7 Å². The van der Waals surface area contributed by atoms with Gasteiger partial charge in [-0.05, 0) is 36.1 Å². The van der Waals surface area contributed by atoms with Crippen LogP contribution in [0, 0.1) is 0 Å². The fourth-order valence-electron chi connectivity index (χ4n) is 3.89. The van der Waals surface area contributed by atoms with Crippen LogP contribution < -0.4 is 5.32 Å². The van der Waals surface area contributed by atoms with Gasteiger partial charge >= 0.3 is 0 Å². The molecule has 1 aromatic rings. The summed E-state index contributed by atoms with van der Waals surface area (Å²) >= 11 is 3.59. The predicted octanol–water partition coefficient (Wildman–Crippen LogP) is 2.03. The van der Waals surface area contributed by atoms with Crippen LogP contribution >= 0.6 is 15.9 Å². The first-order valence-corrected chi connectivity index (χ1v) is 8.58. The standard InChI is InChI=1S/C16H22BrN3/c17-13-2-3-15-12(9-13)1-4-16(15)20-7-5-19(6-8-20)14-10-18-11-14/h2-3,9,14,16,18H,1,4-8,10-11H2. The summed E-state index contributed by atoms with van der Waals surface area (Å²) < 4.78 is 1.22. The number of hydrogen-bond donors (Lipinski definition) is 1. The van der Waals surface area contributed by atoms with Crippen LogP contribution in [0.4, 0.5) is 0 Å². The quantitative estimate of drug-likeness (QED) is 0.892. The van der Waals surface area contributed by atoms with E-state index in [9.17, 15) is 0 Å². The molecule has 0 spiro atoms. The smallest absolute Gasteiger partial charge is 0.0355 e. The topological polar surface area (TPSA) is 18.5 Å². The van der Waals surface area contributed by atoms with Crippen LogP contribution in [-0.2, 0) is 6.42 Å². The Bertz CT molecular complexity index is 492. The third-order valence-electron chi connectivity index (χ3n) is 5.22. The van der Waals surface area contributed by atoms with Crippen LogP contribution in [0.25, 0.3) is 0 Å². The van der Waals surface area contributed by atoms with Gasteiger partial charge in [-0.2, -0.15) is 0 Å². The van der Waals surface area contributed by atoms with E-state index >= 15 is 0 Å². The van der Waals surface area contributed by atoms with Gasteiger partial charge in [-0.25, -0.2) is 0 Å². The lowest BCUT2D eigenvalue weighted by Crippen LogP contribution is -2.61. The largest absolute Gasteiger partial charge is 0.314 e. The maximum atomic E-state index is 3.59. The number of rotatable bonds is 2. The molecule has 20 heavy (non-hydrogen) atoms. The Morgan fingerprint density at radius 2 is 1.80 bits per heavy atom. The van der Waals surface area contributed by atoms with Gasteiger partial charge in [0.15, 0.2) is 0 Å². The van der Waals surface area contributed by atoms with Crippen molar-refractivity contribution in [1.29, 1.82) is 0 Å². The summed E-state index contributed by atoms with van der Waals surface area (Å²) in [6.07, 6.45) is 2.54. The van der Waals surface area contributed by atoms with Crippen molar-refractivity contribution >= 4 is 15.9 Å². The molecule has 1 aliphatic carbocycles. The number of benzene rings is 1. The van der Waals surface area contributed by atoms with E-state index in [1.54, 1.807) is 11.1 Å². The normalized spacial score (nSPS) is 28.4. The first-order chi connectivity index (χ1) is 9.81. The maximum Gasteiger partial charge on any atom is 0.0355 e. The zero-order valence-electron chi connectivity index (χ0n) is 11.8. The third-order valence-corrected chi connectivity index (χ3v) is 5.71. The lowest BCUT2D eigenvalue weighted by atomic mass is 10.0. The summed E-state index contributed by atoms with van der Waals surface area (Å²) in [6.45, 7) is 7.34. The van der Waals surface area contributed by atoms with Crippen LogP contribution in [0.3, 0.4) is 0 Å². The van der Waals surface area contributed by atoms with Crippen molar-refractivity contribution in [2.75, 3.05) is 39.3 Å². The second kappa shape index (κ2) is 5.41. The van der Waals surface area contributed by atoms with E-state index in [1.165, 1.54) is 56.6 Å². The highest BCUT2D eigenvalue weighted by Gasteiger charge is 2.33. The van der Waals surface area contributed by atoms with E-state index < -0.39 is 0 Å². The Kier molecular flexibility index (Phi) is 3.59. The fraction of sp³-hybridized carbons (Fsp3) is 0.625. The summed E-state index contributed by atoms with van der Waals surface area (Å²) in [5, 5.41) is 3.38. The molecule has 4 rings (SSSR count). The SMILES string of the molecule is Brc1ccc2c(c1)CCC2N1CCN(C2CNC2)CC1. The summed E-state index contributed by atoms with van der Waals surface area (Å²) in [6, 6.07) is 8.32. The van der Waals surface area contributed by atoms with Crippen molar-refractivity contribution in [3.63, 3.8) is 0 Å². The molecule has 2 saturated heterocycles.